The molecule has 53 heavy (non-hydrogen) atoms. The Balaban J connectivity index is 1.60. The number of carbonyl (C=O) groups is 1. The Hall–Kier alpha value is -4.52. The van der Waals surface area contributed by atoms with Gasteiger partial charge < -0.3 is 19.1 Å². The number of rotatable bonds is 12. The fourth-order valence-corrected chi connectivity index (χ4v) is 6.19. The average molecular weight is 767 g/mol. The third kappa shape index (κ3) is 8.83. The first-order valence-electron chi connectivity index (χ1n) is 24.1. The van der Waals surface area contributed by atoms with Crippen molar-refractivity contribution in [3.8, 4) is 11.1 Å². The molecule has 6 nitrogen and oxygen atoms in total. The van der Waals surface area contributed by atoms with Gasteiger partial charge in [0.15, 0.2) is 17.1 Å². The lowest BCUT2D eigenvalue weighted by Gasteiger charge is -2.42. The summed E-state index contributed by atoms with van der Waals surface area (Å²) in [5.41, 5.74) is -5.85. The van der Waals surface area contributed by atoms with Crippen molar-refractivity contribution in [3.63, 3.8) is 0 Å². The molecule has 1 aliphatic rings. The van der Waals surface area contributed by atoms with Crippen LogP contribution in [0.25, 0.3) is 22.0 Å². The number of hydrogen-bond acceptors (Lipinski definition) is 5. The number of alkyl halides is 3. The molecule has 0 spiro atoms. The first-order valence-corrected chi connectivity index (χ1v) is 16.4. The van der Waals surface area contributed by atoms with Crippen LogP contribution in [0.2, 0.25) is 0 Å². The summed E-state index contributed by atoms with van der Waals surface area (Å²) < 4.78 is 225. The van der Waals surface area contributed by atoms with E-state index in [4.69, 9.17) is 15.1 Å². The lowest BCUT2D eigenvalue weighted by Crippen LogP contribution is -2.49. The molecule has 0 saturated carbocycles. The van der Waals surface area contributed by atoms with Gasteiger partial charge in [-0.1, -0.05) is 60.7 Å². The lowest BCUT2D eigenvalue weighted by atomic mass is 9.96. The second kappa shape index (κ2) is 16.7. The molecule has 12 heteroatoms. The number of nitrogens with zero attached hydrogens (tertiary/aromatic N) is 3. The predicted molar refractivity (Wildman–Crippen MR) is 198 cm³/mol. The fourth-order valence-electron chi connectivity index (χ4n) is 5.38. The highest BCUT2D eigenvalue weighted by atomic mass is 32.2. The quantitative estimate of drug-likeness (QED) is 0.0938. The summed E-state index contributed by atoms with van der Waals surface area (Å²) in [4.78, 5) is 28.2. The number of thioether (sulfide) groups is 1. The van der Waals surface area contributed by atoms with Crippen molar-refractivity contribution in [1.82, 2.24) is 14.4 Å². The van der Waals surface area contributed by atoms with E-state index in [9.17, 15) is 30.6 Å². The van der Waals surface area contributed by atoms with E-state index >= 15 is 9.18 Å². The number of methoxy groups -OCH3 is 1. The van der Waals surface area contributed by atoms with Crippen LogP contribution >= 0.6 is 11.8 Å². The van der Waals surface area contributed by atoms with Gasteiger partial charge in [-0.3, -0.25) is 9.59 Å². The second-order valence-electron chi connectivity index (χ2n) is 11.3. The molecule has 0 bridgehead atoms. The van der Waals surface area contributed by atoms with Crippen molar-refractivity contribution in [3.05, 3.63) is 136 Å². The maximum Gasteiger partial charge on any atom is 0.416 e. The Morgan fingerprint density at radius 1 is 1.04 bits per heavy atom. The molecular weight excluding hydrogens is 710 g/mol. The van der Waals surface area contributed by atoms with Gasteiger partial charge in [0.25, 0.3) is 0 Å². The minimum absolute atomic E-state index is 0.0741. The molecular formula is C41H40F5N3O3S. The minimum Gasteiger partial charge on any atom is -0.383 e. The molecule has 278 valence electrons. The zero-order chi connectivity index (χ0) is 52.8. The van der Waals surface area contributed by atoms with Crippen LogP contribution < -0.4 is 5.43 Å². The highest BCUT2D eigenvalue weighted by molar-refractivity contribution is 7.98. The van der Waals surface area contributed by atoms with Gasteiger partial charge >= 0.3 is 6.18 Å². The smallest absolute Gasteiger partial charge is 0.383 e. The molecule has 2 heterocycles. The zero-order valence-electron chi connectivity index (χ0n) is 44.5. The van der Waals surface area contributed by atoms with Gasteiger partial charge in [0, 0.05) is 71.7 Å². The summed E-state index contributed by atoms with van der Waals surface area (Å²) in [5.74, 6) is -4.79. The molecule has 0 aliphatic carbocycles. The number of aromatic nitrogens is 1. The number of amides is 1. The van der Waals surface area contributed by atoms with Gasteiger partial charge in [-0.05, 0) is 66.7 Å². The third-order valence-electron chi connectivity index (χ3n) is 8.02. The monoisotopic (exact) mass is 766 g/mol. The van der Waals surface area contributed by atoms with Crippen LogP contribution in [0.3, 0.4) is 0 Å². The first-order chi connectivity index (χ1) is 31.8. The van der Waals surface area contributed by atoms with Crippen molar-refractivity contribution >= 4 is 28.6 Å². The number of benzene rings is 4. The molecule has 0 radical (unpaired) electrons. The Labute approximate surface area is 333 Å². The van der Waals surface area contributed by atoms with E-state index in [1.807, 2.05) is 0 Å². The van der Waals surface area contributed by atoms with E-state index in [1.165, 1.54) is 36.4 Å². The SMILES string of the molecule is [2H]C([2H])([2H])OCC([2H])([2H])N1C([2H])([2H])C([2H])([2H])C([2H])(N(C(=O)Cn2c(SC([2H])([2H])c3cccc(F)c3F)cc(=O)c3ccccc32)C([2H])(C)c2ccc(-c3ccc(C(F)(F)F)cc3)cc2)C([2H])([2H])C1([2H])[2H]. The Kier molecular flexibility index (Phi) is 6.91. The van der Waals surface area contributed by atoms with E-state index in [2.05, 4.69) is 4.74 Å². The summed E-state index contributed by atoms with van der Waals surface area (Å²) >= 11 is 0.0741. The van der Waals surface area contributed by atoms with Crippen molar-refractivity contribution in [2.45, 2.75) is 55.2 Å². The molecule has 4 aromatic carbocycles. The van der Waals surface area contributed by atoms with Crippen LogP contribution in [0.5, 0.6) is 0 Å². The van der Waals surface area contributed by atoms with Crippen LogP contribution in [-0.2, 0) is 28.0 Å². The maximum absolute atomic E-state index is 15.5. The van der Waals surface area contributed by atoms with E-state index in [1.54, 1.807) is 0 Å². The normalized spacial score (nSPS) is 25.3. The van der Waals surface area contributed by atoms with Crippen molar-refractivity contribution < 1.29 is 54.8 Å². The topological polar surface area (TPSA) is 54.8 Å². The number of likely N-dealkylation sites (tertiary alicyclic amines) is 1. The Bertz CT molecular complexity index is 2840. The molecule has 6 rings (SSSR count). The van der Waals surface area contributed by atoms with Crippen LogP contribution in [0, 0.1) is 11.6 Å². The van der Waals surface area contributed by atoms with Gasteiger partial charge in [-0.25, -0.2) is 8.78 Å². The number of piperidine rings is 1. The first kappa shape index (κ1) is 22.0. The van der Waals surface area contributed by atoms with E-state index in [0.717, 1.165) is 66.1 Å². The summed E-state index contributed by atoms with van der Waals surface area (Å²) in [6.07, 6.45) is -13.5. The third-order valence-corrected chi connectivity index (χ3v) is 8.88. The van der Waals surface area contributed by atoms with E-state index in [0.29, 0.717) is 6.07 Å². The summed E-state index contributed by atoms with van der Waals surface area (Å²) in [6, 6.07) is 9.65. The molecule has 1 amide bonds. The number of para-hydroxylation sites is 1. The van der Waals surface area contributed by atoms with Crippen LogP contribution in [0.4, 0.5) is 22.0 Å². The Morgan fingerprint density at radius 2 is 1.72 bits per heavy atom. The van der Waals surface area contributed by atoms with E-state index in [-0.39, 0.29) is 38.7 Å². The number of carbonyl (C=O) groups excluding carboxylic acids is 1. The maximum atomic E-state index is 15.5. The highest BCUT2D eigenvalue weighted by Crippen LogP contribution is 2.34. The summed E-state index contributed by atoms with van der Waals surface area (Å²) in [7, 11) is -3.40. The van der Waals surface area contributed by atoms with Gasteiger partial charge in [0.05, 0.1) is 35.6 Å². The molecule has 1 unspecified atom stereocenters. The summed E-state index contributed by atoms with van der Waals surface area (Å²) in [5, 5.41) is -0.684. The highest BCUT2D eigenvalue weighted by Gasteiger charge is 2.33. The summed E-state index contributed by atoms with van der Waals surface area (Å²) in [6.45, 7) is -14.6. The number of halogens is 5. The molecule has 1 atom stereocenters. The number of hydrogen-bond donors (Lipinski definition) is 0. The van der Waals surface area contributed by atoms with Crippen molar-refractivity contribution in [2.75, 3.05) is 33.1 Å². The zero-order valence-corrected chi connectivity index (χ0v) is 28.3. The Morgan fingerprint density at radius 3 is 2.40 bits per heavy atom. The van der Waals surface area contributed by atoms with Crippen molar-refractivity contribution in [2.24, 2.45) is 0 Å². The van der Waals surface area contributed by atoms with Crippen LogP contribution in [0.1, 0.15) is 65.7 Å². The average Bonchev–Trinajstić information content (AvgIpc) is 3.23. The number of ether oxygens (including phenoxy) is 1. The van der Waals surface area contributed by atoms with Gasteiger partial charge in [-0.2, -0.15) is 13.2 Å². The van der Waals surface area contributed by atoms with Crippen molar-refractivity contribution in [1.29, 1.82) is 0 Å². The molecule has 1 fully saturated rings. The minimum atomic E-state index is -4.69. The fraction of sp³-hybridized carbons (Fsp3) is 0.317. The van der Waals surface area contributed by atoms with E-state index < -0.39 is 126 Å². The molecule has 1 saturated heterocycles. The molecule has 1 aromatic heterocycles. The largest absolute Gasteiger partial charge is 0.416 e. The van der Waals surface area contributed by atoms with Gasteiger partial charge in [0.2, 0.25) is 5.91 Å². The predicted octanol–water partition coefficient (Wildman–Crippen LogP) is 8.96. The molecule has 1 aliphatic heterocycles. The van der Waals surface area contributed by atoms with Crippen LogP contribution in [0.15, 0.2) is 107 Å². The van der Waals surface area contributed by atoms with Crippen LogP contribution in [-0.4, -0.2) is 59.4 Å². The lowest BCUT2D eigenvalue weighted by molar-refractivity contribution is -0.138. The molecule has 5 aromatic rings. The molecule has 0 N–H and O–H groups in total. The number of fused-ring (bicyclic) bond motifs is 1. The standard InChI is InChI=1S/C41H40F5N3O3S/c1-27(28-10-12-29(13-11-28)30-14-16-32(17-15-30)41(44,45)46)49(33-18-20-47(21-19-33)22-23-52-2)38(51)25-48-36-9-4-3-7-34(36)37(50)24-39(48)53-26-31-6-5-8-35(42)40(31)43/h3-17,24,27,33H,18-23,25-26H2,1-2H3/i2D3,18D2,19D2,20D2,21D2,22D2,26D2,27D,33D. The second-order valence-corrected chi connectivity index (χ2v) is 12.2. The van der Waals surface area contributed by atoms with Gasteiger partial charge in [0.1, 0.15) is 6.54 Å². The number of pyridine rings is 1. The van der Waals surface area contributed by atoms with Gasteiger partial charge in [-0.15, -0.1) is 11.8 Å².